The molecule has 1 rings (SSSR count). The molecule has 3 N–H and O–H groups in total. The Morgan fingerprint density at radius 2 is 1.91 bits per heavy atom. The molecule has 10 heteroatoms. The number of ether oxygens (including phenoxy) is 2. The lowest BCUT2D eigenvalue weighted by atomic mass is 10.0. The van der Waals surface area contributed by atoms with E-state index < -0.39 is 23.8 Å². The third-order valence-electron chi connectivity index (χ3n) is 5.30. The van der Waals surface area contributed by atoms with Gasteiger partial charge in [0.2, 0.25) is 18.1 Å². The van der Waals surface area contributed by atoms with E-state index in [2.05, 4.69) is 22.5 Å². The lowest BCUT2D eigenvalue weighted by Crippen LogP contribution is -2.52. The number of nitrogens with one attached hydrogen (secondary N) is 3. The molecule has 1 heterocycles. The van der Waals surface area contributed by atoms with Crippen molar-refractivity contribution in [1.29, 1.82) is 0 Å². The van der Waals surface area contributed by atoms with Crippen LogP contribution in [0.25, 0.3) is 0 Å². The molecule has 1 aliphatic heterocycles. The van der Waals surface area contributed by atoms with Gasteiger partial charge in [-0.2, -0.15) is 0 Å². The minimum Gasteiger partial charge on any atom is -0.382 e. The third kappa shape index (κ3) is 12.1. The number of hydrogen-bond acceptors (Lipinski definition) is 7. The van der Waals surface area contributed by atoms with Gasteiger partial charge in [0, 0.05) is 32.8 Å². The van der Waals surface area contributed by atoms with Gasteiger partial charge in [0.15, 0.2) is 0 Å². The SMILES string of the molecule is C=CCNC(=O)C(=O)[C@H](CCCCCCCOCC)NC(=O)C1C=CCN1COCCNC=O. The van der Waals surface area contributed by atoms with Crippen LogP contribution in [0.3, 0.4) is 0 Å². The second-order valence-electron chi connectivity index (χ2n) is 7.93. The average molecular weight is 481 g/mol. The zero-order valence-electron chi connectivity index (χ0n) is 20.3. The van der Waals surface area contributed by atoms with Gasteiger partial charge in [-0.3, -0.25) is 24.1 Å². The van der Waals surface area contributed by atoms with Crippen LogP contribution in [-0.2, 0) is 28.7 Å². The average Bonchev–Trinajstić information content (AvgIpc) is 3.31. The molecule has 0 aromatic rings. The first-order valence-corrected chi connectivity index (χ1v) is 12.0. The lowest BCUT2D eigenvalue weighted by molar-refractivity contribution is -0.140. The molecule has 34 heavy (non-hydrogen) atoms. The topological polar surface area (TPSA) is 126 Å². The van der Waals surface area contributed by atoms with E-state index in [-0.39, 0.29) is 19.2 Å². The van der Waals surface area contributed by atoms with Crippen molar-refractivity contribution in [2.24, 2.45) is 0 Å². The van der Waals surface area contributed by atoms with Crippen LogP contribution in [0.15, 0.2) is 24.8 Å². The van der Waals surface area contributed by atoms with Crippen LogP contribution in [0.1, 0.15) is 45.4 Å². The summed E-state index contributed by atoms with van der Waals surface area (Å²) in [6.07, 6.45) is 10.7. The molecule has 0 fully saturated rings. The molecule has 0 aliphatic carbocycles. The Morgan fingerprint density at radius 3 is 2.65 bits per heavy atom. The molecule has 0 aromatic carbocycles. The van der Waals surface area contributed by atoms with Gasteiger partial charge in [-0.15, -0.1) is 6.58 Å². The fourth-order valence-corrected chi connectivity index (χ4v) is 3.48. The molecule has 0 aromatic heterocycles. The summed E-state index contributed by atoms with van der Waals surface area (Å²) in [7, 11) is 0. The second-order valence-corrected chi connectivity index (χ2v) is 7.93. The number of unbranched alkanes of at least 4 members (excludes halogenated alkanes) is 4. The predicted octanol–water partition coefficient (Wildman–Crippen LogP) is 0.680. The largest absolute Gasteiger partial charge is 0.382 e. The Morgan fingerprint density at radius 1 is 1.15 bits per heavy atom. The van der Waals surface area contributed by atoms with Crippen LogP contribution in [0, 0.1) is 0 Å². The molecule has 10 nitrogen and oxygen atoms in total. The Labute approximate surface area is 202 Å². The third-order valence-corrected chi connectivity index (χ3v) is 5.30. The number of rotatable bonds is 21. The fourth-order valence-electron chi connectivity index (χ4n) is 3.48. The highest BCUT2D eigenvalue weighted by Crippen LogP contribution is 2.13. The number of carbonyl (C=O) groups is 4. The first-order chi connectivity index (χ1) is 16.5. The Balaban J connectivity index is 2.59. The summed E-state index contributed by atoms with van der Waals surface area (Å²) in [6, 6.07) is -1.49. The standard InChI is InChI=1S/C24H40N4O6/c1-3-13-26-24(32)22(30)20(11-8-6-5-7-9-16-33-4-2)27-23(31)21-12-10-15-28(21)19-34-17-14-25-18-29/h3,10,12,18,20-21H,1,4-9,11,13-17,19H2,2H3,(H,25,29)(H,26,32)(H,27,31)/t20-,21?/m0/s1. The zero-order valence-corrected chi connectivity index (χ0v) is 20.3. The lowest BCUT2D eigenvalue weighted by Gasteiger charge is -2.25. The second kappa shape index (κ2) is 18.8. The smallest absolute Gasteiger partial charge is 0.289 e. The van der Waals surface area contributed by atoms with Crippen molar-refractivity contribution in [2.45, 2.75) is 57.5 Å². The monoisotopic (exact) mass is 480 g/mol. The number of hydrogen-bond donors (Lipinski definition) is 3. The fraction of sp³-hybridized carbons (Fsp3) is 0.667. The summed E-state index contributed by atoms with van der Waals surface area (Å²) in [5, 5.41) is 7.77. The van der Waals surface area contributed by atoms with Crippen molar-refractivity contribution < 1.29 is 28.7 Å². The van der Waals surface area contributed by atoms with Crippen LogP contribution in [0.5, 0.6) is 0 Å². The van der Waals surface area contributed by atoms with Crippen molar-refractivity contribution in [2.75, 3.05) is 46.2 Å². The molecule has 1 aliphatic rings. The zero-order chi connectivity index (χ0) is 25.0. The van der Waals surface area contributed by atoms with E-state index >= 15 is 0 Å². The molecular weight excluding hydrogens is 440 g/mol. The highest BCUT2D eigenvalue weighted by atomic mass is 16.5. The molecule has 2 atom stereocenters. The van der Waals surface area contributed by atoms with E-state index in [4.69, 9.17) is 9.47 Å². The van der Waals surface area contributed by atoms with Gasteiger partial charge in [0.25, 0.3) is 5.91 Å². The van der Waals surface area contributed by atoms with E-state index in [1.165, 1.54) is 6.08 Å². The summed E-state index contributed by atoms with van der Waals surface area (Å²) >= 11 is 0. The van der Waals surface area contributed by atoms with Crippen LogP contribution in [-0.4, -0.2) is 87.2 Å². The van der Waals surface area contributed by atoms with Crippen LogP contribution < -0.4 is 16.0 Å². The summed E-state index contributed by atoms with van der Waals surface area (Å²) in [6.45, 7) is 8.57. The van der Waals surface area contributed by atoms with Crippen molar-refractivity contribution in [1.82, 2.24) is 20.9 Å². The van der Waals surface area contributed by atoms with E-state index in [0.29, 0.717) is 39.1 Å². The van der Waals surface area contributed by atoms with E-state index in [1.54, 1.807) is 11.0 Å². The van der Waals surface area contributed by atoms with Gasteiger partial charge < -0.3 is 25.4 Å². The van der Waals surface area contributed by atoms with Gasteiger partial charge in [-0.1, -0.05) is 43.9 Å². The molecule has 1 unspecified atom stereocenters. The highest BCUT2D eigenvalue weighted by molar-refractivity contribution is 6.38. The van der Waals surface area contributed by atoms with Gasteiger partial charge >= 0.3 is 0 Å². The minimum atomic E-state index is -0.894. The predicted molar refractivity (Wildman–Crippen MR) is 129 cm³/mol. The van der Waals surface area contributed by atoms with Crippen LogP contribution in [0.2, 0.25) is 0 Å². The van der Waals surface area contributed by atoms with Crippen molar-refractivity contribution in [3.8, 4) is 0 Å². The van der Waals surface area contributed by atoms with Crippen LogP contribution >= 0.6 is 0 Å². The van der Waals surface area contributed by atoms with E-state index in [0.717, 1.165) is 38.7 Å². The van der Waals surface area contributed by atoms with Gasteiger partial charge in [0.1, 0.15) is 12.8 Å². The molecule has 0 bridgehead atoms. The Kier molecular flexibility index (Phi) is 16.3. The maximum atomic E-state index is 12.9. The number of nitrogens with zero attached hydrogens (tertiary/aromatic N) is 1. The molecule has 0 saturated carbocycles. The number of carbonyl (C=O) groups excluding carboxylic acids is 4. The van der Waals surface area contributed by atoms with Gasteiger partial charge in [-0.25, -0.2) is 0 Å². The summed E-state index contributed by atoms with van der Waals surface area (Å²) < 4.78 is 10.8. The number of amides is 3. The van der Waals surface area contributed by atoms with Gasteiger partial charge in [-0.05, 0) is 19.8 Å². The first-order valence-electron chi connectivity index (χ1n) is 12.0. The maximum Gasteiger partial charge on any atom is 0.289 e. The van der Waals surface area contributed by atoms with E-state index in [1.807, 2.05) is 13.0 Å². The van der Waals surface area contributed by atoms with Crippen LogP contribution in [0.4, 0.5) is 0 Å². The maximum absolute atomic E-state index is 12.9. The summed E-state index contributed by atoms with van der Waals surface area (Å²) in [4.78, 5) is 50.0. The Hall–Kier alpha value is -2.56. The quantitative estimate of drug-likeness (QED) is 0.0954. The summed E-state index contributed by atoms with van der Waals surface area (Å²) in [5.41, 5.74) is 0. The molecule has 0 saturated heterocycles. The van der Waals surface area contributed by atoms with Crippen molar-refractivity contribution in [3.05, 3.63) is 24.8 Å². The normalized spacial score (nSPS) is 16.1. The Bertz CT molecular complexity index is 670. The molecule has 0 radical (unpaired) electrons. The molecule has 3 amide bonds. The van der Waals surface area contributed by atoms with Crippen molar-refractivity contribution >= 4 is 24.0 Å². The highest BCUT2D eigenvalue weighted by Gasteiger charge is 2.32. The number of Topliss-reactive ketones (excluding diaryl/α,β-unsaturated/α-hetero) is 1. The molecular formula is C24H40N4O6. The molecule has 192 valence electrons. The number of ketones is 1. The van der Waals surface area contributed by atoms with E-state index in [9.17, 15) is 19.2 Å². The first kappa shape index (κ1) is 29.5. The minimum absolute atomic E-state index is 0.181. The molecule has 0 spiro atoms. The van der Waals surface area contributed by atoms with Gasteiger partial charge in [0.05, 0.1) is 12.6 Å². The van der Waals surface area contributed by atoms with Crippen molar-refractivity contribution in [3.63, 3.8) is 0 Å². The summed E-state index contributed by atoms with van der Waals surface area (Å²) in [5.74, 6) is -1.74.